The fourth-order valence-corrected chi connectivity index (χ4v) is 1.21. The van der Waals surface area contributed by atoms with Gasteiger partial charge in [-0.05, 0) is 18.1 Å². The smallest absolute Gasteiger partial charge is 0.116 e. The van der Waals surface area contributed by atoms with E-state index < -0.39 is 0 Å². The van der Waals surface area contributed by atoms with Crippen LogP contribution in [0.1, 0.15) is 12.5 Å². The van der Waals surface area contributed by atoms with Gasteiger partial charge in [-0.15, -0.1) is 0 Å². The summed E-state index contributed by atoms with van der Waals surface area (Å²) in [6, 6.07) is 10.2. The molecule has 0 radical (unpaired) electrons. The fourth-order valence-electron chi connectivity index (χ4n) is 1.21. The summed E-state index contributed by atoms with van der Waals surface area (Å²) in [5.41, 5.74) is 2.34. The fraction of sp³-hybridized carbons (Fsp3) is 0.333. The zero-order chi connectivity index (χ0) is 9.80. The molecule has 0 aromatic heterocycles. The van der Waals surface area contributed by atoms with Gasteiger partial charge in [0.15, 0.2) is 0 Å². The molecule has 0 N–H and O–H groups in total. The molecule has 1 saturated heterocycles. The van der Waals surface area contributed by atoms with E-state index in [0.29, 0.717) is 12.7 Å². The summed E-state index contributed by atoms with van der Waals surface area (Å²) in [4.78, 5) is 0. The molecule has 1 heterocycles. The summed E-state index contributed by atoms with van der Waals surface area (Å²) in [6.07, 6.45) is 2.13. The van der Waals surface area contributed by atoms with Crippen molar-refractivity contribution in [2.24, 2.45) is 0 Å². The Kier molecular flexibility index (Phi) is 2.84. The van der Waals surface area contributed by atoms with Crippen LogP contribution >= 0.6 is 0 Å². The molecule has 14 heavy (non-hydrogen) atoms. The zero-order valence-electron chi connectivity index (χ0n) is 8.27. The van der Waals surface area contributed by atoms with Crippen molar-refractivity contribution in [1.29, 1.82) is 0 Å². The first-order valence-electron chi connectivity index (χ1n) is 4.81. The van der Waals surface area contributed by atoms with Gasteiger partial charge in [-0.2, -0.15) is 0 Å². The first-order valence-corrected chi connectivity index (χ1v) is 4.81. The molecule has 0 saturated carbocycles. The summed E-state index contributed by atoms with van der Waals surface area (Å²) in [6.45, 7) is 3.56. The van der Waals surface area contributed by atoms with Gasteiger partial charge in [0.1, 0.15) is 12.7 Å². The Morgan fingerprint density at radius 3 is 2.86 bits per heavy atom. The lowest BCUT2D eigenvalue weighted by atomic mass is 10.1. The third-order valence-corrected chi connectivity index (χ3v) is 2.17. The van der Waals surface area contributed by atoms with Gasteiger partial charge in [0.05, 0.1) is 12.9 Å². The Morgan fingerprint density at radius 2 is 2.21 bits per heavy atom. The molecule has 0 aliphatic carbocycles. The van der Waals surface area contributed by atoms with Crippen LogP contribution in [0, 0.1) is 0 Å². The predicted octanol–water partition coefficient (Wildman–Crippen LogP) is 2.46. The molecule has 1 aliphatic heterocycles. The van der Waals surface area contributed by atoms with Crippen molar-refractivity contribution < 1.29 is 9.47 Å². The molecule has 1 aromatic carbocycles. The van der Waals surface area contributed by atoms with Crippen LogP contribution in [-0.2, 0) is 9.47 Å². The van der Waals surface area contributed by atoms with E-state index in [1.807, 2.05) is 25.1 Å². The molecule has 2 heteroatoms. The lowest BCUT2D eigenvalue weighted by Crippen LogP contribution is -1.96. The quantitative estimate of drug-likeness (QED) is 0.537. The highest BCUT2D eigenvalue weighted by atomic mass is 16.6. The second kappa shape index (κ2) is 4.29. The summed E-state index contributed by atoms with van der Waals surface area (Å²) in [5.74, 6) is 0. The minimum atomic E-state index is 0.329. The Hall–Kier alpha value is -1.28. The standard InChI is InChI=1S/C12H14O2/c1-10(7-13-8-12-9-14-12)11-5-3-2-4-6-11/h2-7,12H,8-9H2,1H3/b10-7-. The van der Waals surface area contributed by atoms with Gasteiger partial charge in [0.2, 0.25) is 0 Å². The van der Waals surface area contributed by atoms with E-state index in [4.69, 9.17) is 9.47 Å². The van der Waals surface area contributed by atoms with E-state index in [2.05, 4.69) is 12.1 Å². The van der Waals surface area contributed by atoms with Crippen molar-refractivity contribution in [2.75, 3.05) is 13.2 Å². The monoisotopic (exact) mass is 190 g/mol. The first-order chi connectivity index (χ1) is 6.86. The highest BCUT2D eigenvalue weighted by molar-refractivity contribution is 5.62. The summed E-state index contributed by atoms with van der Waals surface area (Å²) < 4.78 is 10.4. The molecule has 0 bridgehead atoms. The average molecular weight is 190 g/mol. The molecule has 1 aliphatic rings. The van der Waals surface area contributed by atoms with Gasteiger partial charge < -0.3 is 9.47 Å². The molecule has 1 aromatic rings. The number of epoxide rings is 1. The third kappa shape index (κ3) is 2.60. The second-order valence-electron chi connectivity index (χ2n) is 3.46. The molecular weight excluding hydrogens is 176 g/mol. The number of hydrogen-bond donors (Lipinski definition) is 0. The minimum Gasteiger partial charge on any atom is -0.498 e. The van der Waals surface area contributed by atoms with Crippen molar-refractivity contribution in [3.63, 3.8) is 0 Å². The maximum atomic E-state index is 5.39. The highest BCUT2D eigenvalue weighted by Crippen LogP contribution is 2.14. The summed E-state index contributed by atoms with van der Waals surface area (Å²) in [5, 5.41) is 0. The van der Waals surface area contributed by atoms with Crippen molar-refractivity contribution in [2.45, 2.75) is 13.0 Å². The summed E-state index contributed by atoms with van der Waals surface area (Å²) in [7, 11) is 0. The van der Waals surface area contributed by atoms with Crippen LogP contribution in [0.3, 0.4) is 0 Å². The predicted molar refractivity (Wildman–Crippen MR) is 55.8 cm³/mol. The Labute approximate surface area is 84.2 Å². The Morgan fingerprint density at radius 1 is 1.50 bits per heavy atom. The van der Waals surface area contributed by atoms with E-state index >= 15 is 0 Å². The zero-order valence-corrected chi connectivity index (χ0v) is 8.27. The molecule has 2 rings (SSSR count). The normalized spacial score (nSPS) is 20.6. The summed E-state index contributed by atoms with van der Waals surface area (Å²) >= 11 is 0. The second-order valence-corrected chi connectivity index (χ2v) is 3.46. The molecule has 74 valence electrons. The molecule has 1 fully saturated rings. The molecule has 2 nitrogen and oxygen atoms in total. The maximum absolute atomic E-state index is 5.39. The van der Waals surface area contributed by atoms with Gasteiger partial charge in [0, 0.05) is 0 Å². The van der Waals surface area contributed by atoms with Crippen molar-refractivity contribution in [1.82, 2.24) is 0 Å². The molecule has 1 atom stereocenters. The molecule has 0 spiro atoms. The van der Waals surface area contributed by atoms with Crippen LogP contribution in [0.5, 0.6) is 0 Å². The minimum absolute atomic E-state index is 0.329. The lowest BCUT2D eigenvalue weighted by Gasteiger charge is -2.02. The largest absolute Gasteiger partial charge is 0.498 e. The van der Waals surface area contributed by atoms with E-state index in [0.717, 1.165) is 12.2 Å². The topological polar surface area (TPSA) is 21.8 Å². The number of rotatable bonds is 4. The van der Waals surface area contributed by atoms with E-state index in [1.54, 1.807) is 6.26 Å². The first kappa shape index (κ1) is 9.28. The van der Waals surface area contributed by atoms with E-state index in [9.17, 15) is 0 Å². The van der Waals surface area contributed by atoms with Gasteiger partial charge in [-0.1, -0.05) is 30.3 Å². The SMILES string of the molecule is C/C(=C/OCC1CO1)c1ccccc1. The van der Waals surface area contributed by atoms with Crippen LogP contribution in [0.2, 0.25) is 0 Å². The lowest BCUT2D eigenvalue weighted by molar-refractivity contribution is 0.213. The van der Waals surface area contributed by atoms with Crippen LogP contribution in [-0.4, -0.2) is 19.3 Å². The molecule has 0 amide bonds. The van der Waals surface area contributed by atoms with Gasteiger partial charge in [-0.3, -0.25) is 0 Å². The van der Waals surface area contributed by atoms with Gasteiger partial charge in [-0.25, -0.2) is 0 Å². The van der Waals surface area contributed by atoms with E-state index in [1.165, 1.54) is 5.56 Å². The molecule has 1 unspecified atom stereocenters. The Bertz CT molecular complexity index is 312. The number of benzene rings is 1. The Balaban J connectivity index is 1.89. The highest BCUT2D eigenvalue weighted by Gasteiger charge is 2.22. The van der Waals surface area contributed by atoms with Crippen molar-refractivity contribution in [3.05, 3.63) is 42.2 Å². The maximum Gasteiger partial charge on any atom is 0.116 e. The van der Waals surface area contributed by atoms with Crippen molar-refractivity contribution >= 4 is 5.57 Å². The van der Waals surface area contributed by atoms with E-state index in [-0.39, 0.29) is 0 Å². The van der Waals surface area contributed by atoms with Crippen LogP contribution in [0.15, 0.2) is 36.6 Å². The van der Waals surface area contributed by atoms with Crippen molar-refractivity contribution in [3.8, 4) is 0 Å². The van der Waals surface area contributed by atoms with Gasteiger partial charge >= 0.3 is 0 Å². The number of hydrogen-bond acceptors (Lipinski definition) is 2. The van der Waals surface area contributed by atoms with Crippen LogP contribution < -0.4 is 0 Å². The van der Waals surface area contributed by atoms with Gasteiger partial charge in [0.25, 0.3) is 0 Å². The number of ether oxygens (including phenoxy) is 2. The molecular formula is C12H14O2. The third-order valence-electron chi connectivity index (χ3n) is 2.17. The van der Waals surface area contributed by atoms with Crippen LogP contribution in [0.4, 0.5) is 0 Å². The average Bonchev–Trinajstić information content (AvgIpc) is 3.03. The number of allylic oxidation sites excluding steroid dienone is 1. The van der Waals surface area contributed by atoms with Crippen LogP contribution in [0.25, 0.3) is 5.57 Å².